The quantitative estimate of drug-likeness (QED) is 0.684. The average Bonchev–Trinajstić information content (AvgIpc) is 3.00. The number of benzene rings is 1. The lowest BCUT2D eigenvalue weighted by molar-refractivity contribution is -0.143. The minimum absolute atomic E-state index is 0.283. The zero-order chi connectivity index (χ0) is 20.2. The van der Waals surface area contributed by atoms with Gasteiger partial charge in [0.2, 0.25) is 0 Å². The van der Waals surface area contributed by atoms with Gasteiger partial charge in [-0.15, -0.1) is 0 Å². The Hall–Kier alpha value is -2.38. The van der Waals surface area contributed by atoms with Gasteiger partial charge in [0.25, 0.3) is 5.91 Å². The Morgan fingerprint density at radius 1 is 1.19 bits per heavy atom. The van der Waals surface area contributed by atoms with Gasteiger partial charge < -0.3 is 5.32 Å². The third kappa shape index (κ3) is 5.30. The molecule has 0 bridgehead atoms. The van der Waals surface area contributed by atoms with Gasteiger partial charge in [-0.2, -0.15) is 18.3 Å². The van der Waals surface area contributed by atoms with Crippen LogP contribution in [0.1, 0.15) is 56.1 Å². The molecule has 0 aliphatic rings. The minimum Gasteiger partial charge on any atom is -0.349 e. The molecule has 2 aromatic rings. The monoisotopic (exact) mass is 385 g/mol. The number of amides is 1. The molecule has 1 aromatic heterocycles. The molecule has 4 nitrogen and oxygen atoms in total. The van der Waals surface area contributed by atoms with Crippen molar-refractivity contribution in [2.75, 3.05) is 0 Å². The second kappa shape index (κ2) is 8.54. The van der Waals surface area contributed by atoms with Crippen LogP contribution in [-0.2, 0) is 6.18 Å². The zero-order valence-corrected chi connectivity index (χ0v) is 15.5. The SMILES string of the molecule is CC(C)CCCC(C)NC(=O)c1cnn(-c2ccccc2F)c1C(F)(F)F. The Balaban J connectivity index is 2.27. The number of aromatic nitrogens is 2. The van der Waals surface area contributed by atoms with E-state index >= 15 is 0 Å². The van der Waals surface area contributed by atoms with E-state index in [1.54, 1.807) is 6.92 Å². The number of alkyl halides is 3. The highest BCUT2D eigenvalue weighted by atomic mass is 19.4. The van der Waals surface area contributed by atoms with E-state index in [9.17, 15) is 22.4 Å². The highest BCUT2D eigenvalue weighted by Crippen LogP contribution is 2.34. The molecule has 2 rings (SSSR count). The van der Waals surface area contributed by atoms with Gasteiger partial charge in [-0.3, -0.25) is 4.79 Å². The second-order valence-electron chi connectivity index (χ2n) is 6.97. The van der Waals surface area contributed by atoms with E-state index in [1.165, 1.54) is 18.2 Å². The molecule has 0 radical (unpaired) electrons. The lowest BCUT2D eigenvalue weighted by Crippen LogP contribution is -2.34. The van der Waals surface area contributed by atoms with Gasteiger partial charge in [-0.25, -0.2) is 9.07 Å². The molecule has 0 saturated carbocycles. The second-order valence-corrected chi connectivity index (χ2v) is 6.97. The van der Waals surface area contributed by atoms with Crippen LogP contribution in [0.4, 0.5) is 17.6 Å². The van der Waals surface area contributed by atoms with Crippen LogP contribution in [0.15, 0.2) is 30.5 Å². The normalized spacial score (nSPS) is 13.0. The van der Waals surface area contributed by atoms with Crippen molar-refractivity contribution >= 4 is 5.91 Å². The molecule has 0 aliphatic heterocycles. The summed E-state index contributed by atoms with van der Waals surface area (Å²) < 4.78 is 55.1. The van der Waals surface area contributed by atoms with Crippen molar-refractivity contribution < 1.29 is 22.4 Å². The fourth-order valence-electron chi connectivity index (χ4n) is 2.80. The first kappa shape index (κ1) is 20.9. The summed E-state index contributed by atoms with van der Waals surface area (Å²) in [6.45, 7) is 5.90. The van der Waals surface area contributed by atoms with Gasteiger partial charge in [0.1, 0.15) is 11.5 Å². The van der Waals surface area contributed by atoms with Gasteiger partial charge in [-0.1, -0.05) is 38.8 Å². The van der Waals surface area contributed by atoms with E-state index in [-0.39, 0.29) is 11.7 Å². The maximum Gasteiger partial charge on any atom is 0.434 e. The van der Waals surface area contributed by atoms with Crippen molar-refractivity contribution in [2.45, 2.75) is 52.3 Å². The molecule has 0 saturated heterocycles. The highest BCUT2D eigenvalue weighted by molar-refractivity contribution is 5.95. The van der Waals surface area contributed by atoms with Crippen LogP contribution >= 0.6 is 0 Å². The number of carbonyl (C=O) groups excluding carboxylic acids is 1. The van der Waals surface area contributed by atoms with Gasteiger partial charge in [-0.05, 0) is 31.4 Å². The number of nitrogens with zero attached hydrogens (tertiary/aromatic N) is 2. The lowest BCUT2D eigenvalue weighted by Gasteiger charge is -2.16. The van der Waals surface area contributed by atoms with Crippen molar-refractivity contribution in [2.24, 2.45) is 5.92 Å². The predicted molar refractivity (Wildman–Crippen MR) is 94.1 cm³/mol. The van der Waals surface area contributed by atoms with Crippen molar-refractivity contribution in [1.82, 2.24) is 15.1 Å². The summed E-state index contributed by atoms with van der Waals surface area (Å²) >= 11 is 0. The van der Waals surface area contributed by atoms with Gasteiger partial charge in [0.05, 0.1) is 11.8 Å². The smallest absolute Gasteiger partial charge is 0.349 e. The van der Waals surface area contributed by atoms with Gasteiger partial charge >= 0.3 is 6.18 Å². The summed E-state index contributed by atoms with van der Waals surface area (Å²) in [6.07, 6.45) is -1.55. The summed E-state index contributed by atoms with van der Waals surface area (Å²) in [5, 5.41) is 6.20. The molecule has 1 aromatic carbocycles. The van der Waals surface area contributed by atoms with Gasteiger partial charge in [0, 0.05) is 6.04 Å². The number of carbonyl (C=O) groups is 1. The van der Waals surface area contributed by atoms with E-state index < -0.39 is 29.2 Å². The van der Waals surface area contributed by atoms with Crippen LogP contribution in [0.3, 0.4) is 0 Å². The molecule has 27 heavy (non-hydrogen) atoms. The van der Waals surface area contributed by atoms with Crippen LogP contribution in [0.5, 0.6) is 0 Å². The molecule has 0 aliphatic carbocycles. The standard InChI is InChI=1S/C19H23F4N3O/c1-12(2)7-6-8-13(3)25-18(27)14-11-24-26(17(14)19(21,22)23)16-10-5-4-9-15(16)20/h4-5,9-13H,6-8H2,1-3H3,(H,25,27). The zero-order valence-electron chi connectivity index (χ0n) is 15.5. The van der Waals surface area contributed by atoms with Gasteiger partial charge in [0.15, 0.2) is 5.69 Å². The number of hydrogen-bond acceptors (Lipinski definition) is 2. The minimum atomic E-state index is -4.87. The molecule has 8 heteroatoms. The Bertz CT molecular complexity index is 784. The molecule has 148 valence electrons. The van der Waals surface area contributed by atoms with E-state index in [2.05, 4.69) is 24.3 Å². The number of nitrogens with one attached hydrogen (secondary N) is 1. The summed E-state index contributed by atoms with van der Waals surface area (Å²) in [6, 6.07) is 4.69. The first-order chi connectivity index (χ1) is 12.6. The summed E-state index contributed by atoms with van der Waals surface area (Å²) in [5.41, 5.74) is -2.28. The predicted octanol–water partition coefficient (Wildman–Crippen LogP) is 4.97. The van der Waals surface area contributed by atoms with Crippen LogP contribution in [0, 0.1) is 11.7 Å². The number of halogens is 4. The molecular formula is C19H23F4N3O. The summed E-state index contributed by atoms with van der Waals surface area (Å²) in [4.78, 5) is 12.4. The van der Waals surface area contributed by atoms with Crippen molar-refractivity contribution in [3.8, 4) is 5.69 Å². The van der Waals surface area contributed by atoms with E-state index in [0.717, 1.165) is 25.1 Å². The topological polar surface area (TPSA) is 46.9 Å². The Labute approximate surface area is 155 Å². The molecule has 1 unspecified atom stereocenters. The Kier molecular flexibility index (Phi) is 6.62. The molecule has 1 amide bonds. The Morgan fingerprint density at radius 2 is 1.85 bits per heavy atom. The van der Waals surface area contributed by atoms with Crippen LogP contribution < -0.4 is 5.32 Å². The third-order valence-corrected chi connectivity index (χ3v) is 4.16. The van der Waals surface area contributed by atoms with Crippen LogP contribution in [-0.4, -0.2) is 21.7 Å². The summed E-state index contributed by atoms with van der Waals surface area (Å²) in [7, 11) is 0. The average molecular weight is 385 g/mol. The molecule has 1 N–H and O–H groups in total. The highest BCUT2D eigenvalue weighted by Gasteiger charge is 2.41. The van der Waals surface area contributed by atoms with Crippen molar-refractivity contribution in [3.05, 3.63) is 47.5 Å². The maximum absolute atomic E-state index is 13.9. The first-order valence-corrected chi connectivity index (χ1v) is 8.82. The molecule has 0 spiro atoms. The number of para-hydroxylation sites is 1. The van der Waals surface area contributed by atoms with Crippen LogP contribution in [0.25, 0.3) is 5.69 Å². The van der Waals surface area contributed by atoms with E-state index in [4.69, 9.17) is 0 Å². The summed E-state index contributed by atoms with van der Waals surface area (Å²) in [5.74, 6) is -1.22. The van der Waals surface area contributed by atoms with E-state index in [1.807, 2.05) is 0 Å². The van der Waals surface area contributed by atoms with Crippen LogP contribution in [0.2, 0.25) is 0 Å². The largest absolute Gasteiger partial charge is 0.434 e. The van der Waals surface area contributed by atoms with E-state index in [0.29, 0.717) is 17.0 Å². The van der Waals surface area contributed by atoms with Crippen molar-refractivity contribution in [3.63, 3.8) is 0 Å². The van der Waals surface area contributed by atoms with Crippen molar-refractivity contribution in [1.29, 1.82) is 0 Å². The number of rotatable bonds is 7. The number of hydrogen-bond donors (Lipinski definition) is 1. The lowest BCUT2D eigenvalue weighted by atomic mass is 10.0. The molecule has 0 fully saturated rings. The first-order valence-electron chi connectivity index (χ1n) is 8.82. The molecule has 1 heterocycles. The third-order valence-electron chi connectivity index (χ3n) is 4.16. The molecule has 1 atom stereocenters. The fraction of sp³-hybridized carbons (Fsp3) is 0.474. The maximum atomic E-state index is 13.9. The Morgan fingerprint density at radius 3 is 2.44 bits per heavy atom. The fourth-order valence-corrected chi connectivity index (χ4v) is 2.80. The molecular weight excluding hydrogens is 362 g/mol.